The smallest absolute Gasteiger partial charge is 0.354 e. The van der Waals surface area contributed by atoms with Crippen molar-refractivity contribution in [3.05, 3.63) is 24.0 Å². The van der Waals surface area contributed by atoms with Gasteiger partial charge < -0.3 is 10.0 Å². The van der Waals surface area contributed by atoms with Gasteiger partial charge in [0.05, 0.1) is 11.9 Å². The Bertz CT molecular complexity index is 373. The molecule has 0 unspecified atom stereocenters. The number of nitrogens with zero attached hydrogens (tertiary/aromatic N) is 2. The van der Waals surface area contributed by atoms with Gasteiger partial charge in [-0.05, 0) is 12.1 Å². The Morgan fingerprint density at radius 1 is 1.47 bits per heavy atom. The summed E-state index contributed by atoms with van der Waals surface area (Å²) < 4.78 is 0. The molecule has 0 saturated heterocycles. The van der Waals surface area contributed by atoms with Crippen LogP contribution in [0.3, 0.4) is 0 Å². The van der Waals surface area contributed by atoms with Crippen molar-refractivity contribution in [1.29, 1.82) is 0 Å². The van der Waals surface area contributed by atoms with Gasteiger partial charge in [-0.2, -0.15) is 0 Å². The summed E-state index contributed by atoms with van der Waals surface area (Å²) >= 11 is 0. The summed E-state index contributed by atoms with van der Waals surface area (Å²) in [6.45, 7) is 1.76. The fourth-order valence-electron chi connectivity index (χ4n) is 1.09. The van der Waals surface area contributed by atoms with Crippen LogP contribution in [0.25, 0.3) is 0 Å². The molecule has 0 spiro atoms. The lowest BCUT2D eigenvalue weighted by atomic mass is 10.3. The van der Waals surface area contributed by atoms with Crippen LogP contribution in [0.2, 0.25) is 0 Å². The van der Waals surface area contributed by atoms with Gasteiger partial charge in [-0.15, -0.1) is 0 Å². The maximum atomic E-state index is 11.3. The molecule has 0 aliphatic carbocycles. The van der Waals surface area contributed by atoms with Gasteiger partial charge in [-0.1, -0.05) is 6.92 Å². The molecule has 80 valence electrons. The molecule has 1 N–H and O–H groups in total. The second-order valence-corrected chi connectivity index (χ2v) is 3.01. The van der Waals surface area contributed by atoms with Gasteiger partial charge in [0.1, 0.15) is 5.69 Å². The summed E-state index contributed by atoms with van der Waals surface area (Å²) in [5.74, 6) is -1.12. The highest BCUT2D eigenvalue weighted by atomic mass is 16.4. The largest absolute Gasteiger partial charge is 0.477 e. The number of anilines is 1. The normalized spacial score (nSPS) is 9.73. The van der Waals surface area contributed by atoms with Gasteiger partial charge in [-0.25, -0.2) is 9.78 Å². The highest BCUT2D eigenvalue weighted by molar-refractivity contribution is 5.93. The van der Waals surface area contributed by atoms with Crippen LogP contribution < -0.4 is 4.90 Å². The first-order chi connectivity index (χ1) is 7.06. The van der Waals surface area contributed by atoms with Gasteiger partial charge in [0.25, 0.3) is 0 Å². The van der Waals surface area contributed by atoms with Crippen molar-refractivity contribution in [2.24, 2.45) is 0 Å². The minimum atomic E-state index is -1.08. The van der Waals surface area contributed by atoms with Gasteiger partial charge >= 0.3 is 5.97 Å². The van der Waals surface area contributed by atoms with E-state index in [0.29, 0.717) is 12.1 Å². The van der Waals surface area contributed by atoms with E-state index in [1.807, 2.05) is 0 Å². The number of carbonyl (C=O) groups excluding carboxylic acids is 1. The fourth-order valence-corrected chi connectivity index (χ4v) is 1.09. The summed E-state index contributed by atoms with van der Waals surface area (Å²) in [7, 11) is 1.63. The molecule has 0 fully saturated rings. The molecule has 5 nitrogen and oxygen atoms in total. The standard InChI is InChI=1S/C10H12N2O3/c1-3-9(13)12(2)7-4-5-8(10(14)15)11-6-7/h4-6H,3H2,1-2H3,(H,14,15). The van der Waals surface area contributed by atoms with E-state index < -0.39 is 5.97 Å². The number of aromatic carboxylic acids is 1. The van der Waals surface area contributed by atoms with Crippen LogP contribution >= 0.6 is 0 Å². The monoisotopic (exact) mass is 208 g/mol. The number of carboxylic acids is 1. The first-order valence-corrected chi connectivity index (χ1v) is 4.52. The Balaban J connectivity index is 2.89. The van der Waals surface area contributed by atoms with Crippen LogP contribution in [0.15, 0.2) is 18.3 Å². The maximum absolute atomic E-state index is 11.3. The highest BCUT2D eigenvalue weighted by Gasteiger charge is 2.10. The van der Waals surface area contributed by atoms with Crippen LogP contribution in [0.5, 0.6) is 0 Å². The molecule has 5 heteroatoms. The van der Waals surface area contributed by atoms with Crippen LogP contribution in [-0.4, -0.2) is 29.0 Å². The highest BCUT2D eigenvalue weighted by Crippen LogP contribution is 2.12. The van der Waals surface area contributed by atoms with Crippen molar-refractivity contribution in [3.8, 4) is 0 Å². The zero-order valence-corrected chi connectivity index (χ0v) is 8.60. The molecule has 0 atom stereocenters. The van der Waals surface area contributed by atoms with Crippen LogP contribution in [0.1, 0.15) is 23.8 Å². The molecule has 0 aromatic carbocycles. The second kappa shape index (κ2) is 4.54. The number of rotatable bonds is 3. The lowest BCUT2D eigenvalue weighted by Crippen LogP contribution is -2.25. The Labute approximate surface area is 87.4 Å². The molecule has 0 radical (unpaired) electrons. The Morgan fingerprint density at radius 2 is 2.13 bits per heavy atom. The van der Waals surface area contributed by atoms with Crippen molar-refractivity contribution in [3.63, 3.8) is 0 Å². The Hall–Kier alpha value is -1.91. The first kappa shape index (κ1) is 11.2. The van der Waals surface area contributed by atoms with E-state index in [1.54, 1.807) is 20.0 Å². The Morgan fingerprint density at radius 3 is 2.53 bits per heavy atom. The summed E-state index contributed by atoms with van der Waals surface area (Å²) in [4.78, 5) is 27.0. The molecule has 1 amide bonds. The molecule has 1 rings (SSSR count). The summed E-state index contributed by atoms with van der Waals surface area (Å²) in [6, 6.07) is 2.93. The van der Waals surface area contributed by atoms with Crippen molar-refractivity contribution in [2.45, 2.75) is 13.3 Å². The number of carboxylic acid groups (broad SMARTS) is 1. The number of aromatic nitrogens is 1. The molecule has 1 heterocycles. The quantitative estimate of drug-likeness (QED) is 0.808. The third kappa shape index (κ3) is 2.52. The minimum Gasteiger partial charge on any atom is -0.477 e. The van der Waals surface area contributed by atoms with Crippen LogP contribution in [0, 0.1) is 0 Å². The molecule has 0 aliphatic heterocycles. The molecule has 0 saturated carbocycles. The van der Waals surface area contributed by atoms with E-state index in [9.17, 15) is 9.59 Å². The molecule has 15 heavy (non-hydrogen) atoms. The average Bonchev–Trinajstić information content (AvgIpc) is 2.27. The van der Waals surface area contributed by atoms with E-state index in [1.165, 1.54) is 17.2 Å². The van der Waals surface area contributed by atoms with Crippen molar-refractivity contribution < 1.29 is 14.7 Å². The third-order valence-electron chi connectivity index (χ3n) is 2.03. The number of amides is 1. The lowest BCUT2D eigenvalue weighted by Gasteiger charge is -2.15. The SMILES string of the molecule is CCC(=O)N(C)c1ccc(C(=O)O)nc1. The number of hydrogen-bond acceptors (Lipinski definition) is 3. The summed E-state index contributed by atoms with van der Waals surface area (Å²) in [5, 5.41) is 8.63. The van der Waals surface area contributed by atoms with Crippen molar-refractivity contribution in [1.82, 2.24) is 4.98 Å². The third-order valence-corrected chi connectivity index (χ3v) is 2.03. The summed E-state index contributed by atoms with van der Waals surface area (Å²) in [6.07, 6.45) is 1.77. The van der Waals surface area contributed by atoms with E-state index in [-0.39, 0.29) is 11.6 Å². The van der Waals surface area contributed by atoms with Crippen LogP contribution in [-0.2, 0) is 4.79 Å². The number of hydrogen-bond donors (Lipinski definition) is 1. The molecular formula is C10H12N2O3. The predicted molar refractivity (Wildman–Crippen MR) is 54.9 cm³/mol. The maximum Gasteiger partial charge on any atom is 0.354 e. The zero-order valence-electron chi connectivity index (χ0n) is 8.60. The second-order valence-electron chi connectivity index (χ2n) is 3.01. The number of carbonyl (C=O) groups is 2. The average molecular weight is 208 g/mol. The zero-order chi connectivity index (χ0) is 11.4. The van der Waals surface area contributed by atoms with Gasteiger partial charge in [0.2, 0.25) is 5.91 Å². The molecule has 0 aliphatic rings. The first-order valence-electron chi connectivity index (χ1n) is 4.52. The summed E-state index contributed by atoms with van der Waals surface area (Å²) in [5.41, 5.74) is 0.558. The lowest BCUT2D eigenvalue weighted by molar-refractivity contribution is -0.118. The van der Waals surface area contributed by atoms with E-state index >= 15 is 0 Å². The number of pyridine rings is 1. The van der Waals surface area contributed by atoms with E-state index in [2.05, 4.69) is 4.98 Å². The van der Waals surface area contributed by atoms with Gasteiger partial charge in [0.15, 0.2) is 0 Å². The fraction of sp³-hybridized carbons (Fsp3) is 0.300. The molecule has 1 aromatic heterocycles. The molecular weight excluding hydrogens is 196 g/mol. The van der Waals surface area contributed by atoms with E-state index in [4.69, 9.17) is 5.11 Å². The van der Waals surface area contributed by atoms with Crippen LogP contribution in [0.4, 0.5) is 5.69 Å². The van der Waals surface area contributed by atoms with Crippen molar-refractivity contribution >= 4 is 17.6 Å². The molecule has 1 aromatic rings. The predicted octanol–water partition coefficient (Wildman–Crippen LogP) is 1.15. The topological polar surface area (TPSA) is 70.5 Å². The molecule has 0 bridgehead atoms. The van der Waals surface area contributed by atoms with Crippen molar-refractivity contribution in [2.75, 3.05) is 11.9 Å². The van der Waals surface area contributed by atoms with Gasteiger partial charge in [-0.3, -0.25) is 4.79 Å². The van der Waals surface area contributed by atoms with Gasteiger partial charge in [0, 0.05) is 13.5 Å². The Kier molecular flexibility index (Phi) is 3.38. The van der Waals surface area contributed by atoms with E-state index in [0.717, 1.165) is 0 Å². The minimum absolute atomic E-state index is 0.0314.